The number of rotatable bonds is 3. The molecule has 0 radical (unpaired) electrons. The molecule has 82 valence electrons. The monoisotopic (exact) mass is 251 g/mol. The molecule has 5 nitrogen and oxygen atoms in total. The van der Waals surface area contributed by atoms with Crippen molar-refractivity contribution in [2.24, 2.45) is 0 Å². The van der Waals surface area contributed by atoms with Gasteiger partial charge in [0.1, 0.15) is 5.51 Å². The summed E-state index contributed by atoms with van der Waals surface area (Å²) in [5, 5.41) is 13.8. The summed E-state index contributed by atoms with van der Waals surface area (Å²) in [6, 6.07) is 0. The van der Waals surface area contributed by atoms with Crippen LogP contribution in [0.5, 0.6) is 0 Å². The van der Waals surface area contributed by atoms with E-state index in [1.165, 1.54) is 17.0 Å². The van der Waals surface area contributed by atoms with Gasteiger partial charge in [-0.15, -0.1) is 21.5 Å². The molecule has 3 aromatic rings. The SMILES string of the molecule is Cc1nc2sccn2c1CNc1nncs1. The van der Waals surface area contributed by atoms with Crippen molar-refractivity contribution in [3.63, 3.8) is 0 Å². The van der Waals surface area contributed by atoms with E-state index < -0.39 is 0 Å². The summed E-state index contributed by atoms with van der Waals surface area (Å²) in [6.45, 7) is 2.75. The number of anilines is 1. The number of thiazole rings is 1. The Hall–Kier alpha value is -1.47. The third kappa shape index (κ3) is 1.57. The fourth-order valence-electron chi connectivity index (χ4n) is 1.56. The van der Waals surface area contributed by atoms with Crippen molar-refractivity contribution >= 4 is 32.8 Å². The summed E-state index contributed by atoms with van der Waals surface area (Å²) in [7, 11) is 0. The highest BCUT2D eigenvalue weighted by Crippen LogP contribution is 2.18. The Bertz CT molecular complexity index is 595. The Balaban J connectivity index is 1.88. The van der Waals surface area contributed by atoms with Gasteiger partial charge in [-0.25, -0.2) is 4.98 Å². The maximum absolute atomic E-state index is 4.48. The maximum atomic E-state index is 4.48. The minimum absolute atomic E-state index is 0.721. The van der Waals surface area contributed by atoms with Crippen LogP contribution in [0.2, 0.25) is 0 Å². The number of nitrogens with zero attached hydrogens (tertiary/aromatic N) is 4. The summed E-state index contributed by atoms with van der Waals surface area (Å²) in [4.78, 5) is 5.52. The standard InChI is InChI=1S/C9H9N5S2/c1-6-7(4-10-8-13-11-5-16-8)14-2-3-15-9(14)12-6/h2-3,5H,4H2,1H3,(H,10,13). The summed E-state index contributed by atoms with van der Waals surface area (Å²) >= 11 is 3.14. The molecule has 0 fully saturated rings. The highest BCUT2D eigenvalue weighted by molar-refractivity contribution is 7.15. The highest BCUT2D eigenvalue weighted by Gasteiger charge is 2.09. The second kappa shape index (κ2) is 3.84. The fourth-order valence-corrected chi connectivity index (χ4v) is 2.79. The van der Waals surface area contributed by atoms with Crippen molar-refractivity contribution in [3.05, 3.63) is 28.5 Å². The molecule has 0 saturated heterocycles. The van der Waals surface area contributed by atoms with Crippen molar-refractivity contribution in [3.8, 4) is 0 Å². The molecule has 1 N–H and O–H groups in total. The van der Waals surface area contributed by atoms with E-state index in [9.17, 15) is 0 Å². The van der Waals surface area contributed by atoms with E-state index in [1.54, 1.807) is 16.8 Å². The van der Waals surface area contributed by atoms with Gasteiger partial charge in [-0.3, -0.25) is 4.40 Å². The van der Waals surface area contributed by atoms with Crippen molar-refractivity contribution < 1.29 is 0 Å². The first kappa shape index (κ1) is 9.73. The second-order valence-electron chi connectivity index (χ2n) is 3.30. The quantitative estimate of drug-likeness (QED) is 0.775. The Labute approximate surface area is 99.8 Å². The maximum Gasteiger partial charge on any atom is 0.205 e. The Morgan fingerprint density at radius 3 is 3.19 bits per heavy atom. The lowest BCUT2D eigenvalue weighted by Gasteiger charge is -2.01. The van der Waals surface area contributed by atoms with E-state index in [0.717, 1.165) is 22.3 Å². The Kier molecular flexibility index (Phi) is 2.33. The molecule has 16 heavy (non-hydrogen) atoms. The molecule has 0 aliphatic rings. The zero-order valence-corrected chi connectivity index (χ0v) is 10.2. The molecular weight excluding hydrogens is 242 g/mol. The molecule has 0 spiro atoms. The van der Waals surface area contributed by atoms with Gasteiger partial charge in [0, 0.05) is 11.6 Å². The van der Waals surface area contributed by atoms with E-state index in [2.05, 4.69) is 24.9 Å². The lowest BCUT2D eigenvalue weighted by Crippen LogP contribution is -2.03. The molecule has 0 atom stereocenters. The van der Waals surface area contributed by atoms with Gasteiger partial charge in [-0.05, 0) is 6.92 Å². The van der Waals surface area contributed by atoms with E-state index in [-0.39, 0.29) is 0 Å². The number of nitrogens with one attached hydrogen (secondary N) is 1. The lowest BCUT2D eigenvalue weighted by molar-refractivity contribution is 0.977. The minimum atomic E-state index is 0.721. The van der Waals surface area contributed by atoms with Crippen molar-refractivity contribution in [2.75, 3.05) is 5.32 Å². The van der Waals surface area contributed by atoms with Gasteiger partial charge < -0.3 is 5.32 Å². The third-order valence-electron chi connectivity index (χ3n) is 2.33. The van der Waals surface area contributed by atoms with E-state index in [0.29, 0.717) is 0 Å². The van der Waals surface area contributed by atoms with Crippen LogP contribution in [0.4, 0.5) is 5.13 Å². The van der Waals surface area contributed by atoms with Crippen LogP contribution in [0.25, 0.3) is 4.96 Å². The first-order valence-electron chi connectivity index (χ1n) is 4.75. The number of fused-ring (bicyclic) bond motifs is 1. The second-order valence-corrected chi connectivity index (χ2v) is 5.00. The Morgan fingerprint density at radius 2 is 2.38 bits per heavy atom. The van der Waals surface area contributed by atoms with Crippen molar-refractivity contribution in [1.82, 2.24) is 19.6 Å². The van der Waals surface area contributed by atoms with Crippen LogP contribution in [0.1, 0.15) is 11.4 Å². The highest BCUT2D eigenvalue weighted by atomic mass is 32.1. The molecule has 3 heterocycles. The number of aromatic nitrogens is 4. The smallest absolute Gasteiger partial charge is 0.205 e. The number of hydrogen-bond acceptors (Lipinski definition) is 6. The van der Waals surface area contributed by atoms with Crippen LogP contribution in [-0.2, 0) is 6.54 Å². The fraction of sp³-hybridized carbons (Fsp3) is 0.222. The summed E-state index contributed by atoms with van der Waals surface area (Å²) in [5.41, 5.74) is 3.95. The molecule has 0 aliphatic heterocycles. The van der Waals surface area contributed by atoms with E-state index in [1.807, 2.05) is 18.5 Å². The van der Waals surface area contributed by atoms with Gasteiger partial charge in [0.25, 0.3) is 0 Å². The first-order valence-corrected chi connectivity index (χ1v) is 6.51. The topological polar surface area (TPSA) is 55.1 Å². The molecule has 3 rings (SSSR count). The van der Waals surface area contributed by atoms with Crippen LogP contribution in [-0.4, -0.2) is 19.6 Å². The van der Waals surface area contributed by atoms with Gasteiger partial charge in [-0.2, -0.15) is 0 Å². The molecule has 0 unspecified atom stereocenters. The molecule has 7 heteroatoms. The van der Waals surface area contributed by atoms with Gasteiger partial charge in [-0.1, -0.05) is 11.3 Å². The molecular formula is C9H9N5S2. The van der Waals surface area contributed by atoms with Gasteiger partial charge >= 0.3 is 0 Å². The van der Waals surface area contributed by atoms with Crippen LogP contribution in [0.15, 0.2) is 17.1 Å². The normalized spacial score (nSPS) is 11.1. The van der Waals surface area contributed by atoms with Crippen LogP contribution >= 0.6 is 22.7 Å². The van der Waals surface area contributed by atoms with E-state index >= 15 is 0 Å². The molecule has 0 aromatic carbocycles. The number of imidazole rings is 1. The summed E-state index contributed by atoms with van der Waals surface area (Å²) in [5.74, 6) is 0. The average molecular weight is 251 g/mol. The van der Waals surface area contributed by atoms with Gasteiger partial charge in [0.05, 0.1) is 17.9 Å². The Morgan fingerprint density at radius 1 is 1.44 bits per heavy atom. The molecule has 0 amide bonds. The van der Waals surface area contributed by atoms with Crippen LogP contribution in [0.3, 0.4) is 0 Å². The summed E-state index contributed by atoms with van der Waals surface area (Å²) in [6.07, 6.45) is 2.04. The number of aryl methyl sites for hydroxylation is 1. The molecule has 0 bridgehead atoms. The summed E-state index contributed by atoms with van der Waals surface area (Å²) < 4.78 is 2.11. The zero-order chi connectivity index (χ0) is 11.0. The third-order valence-corrected chi connectivity index (χ3v) is 3.73. The largest absolute Gasteiger partial charge is 0.354 e. The van der Waals surface area contributed by atoms with Gasteiger partial charge in [0.15, 0.2) is 4.96 Å². The molecule has 3 aromatic heterocycles. The van der Waals surface area contributed by atoms with Crippen molar-refractivity contribution in [2.45, 2.75) is 13.5 Å². The lowest BCUT2D eigenvalue weighted by atomic mass is 10.3. The minimum Gasteiger partial charge on any atom is -0.354 e. The van der Waals surface area contributed by atoms with Crippen molar-refractivity contribution in [1.29, 1.82) is 0 Å². The molecule has 0 saturated carbocycles. The van der Waals surface area contributed by atoms with E-state index in [4.69, 9.17) is 0 Å². The number of hydrogen-bond donors (Lipinski definition) is 1. The zero-order valence-electron chi connectivity index (χ0n) is 8.54. The van der Waals surface area contributed by atoms with Gasteiger partial charge in [0.2, 0.25) is 5.13 Å². The van der Waals surface area contributed by atoms with Crippen LogP contribution < -0.4 is 5.32 Å². The van der Waals surface area contributed by atoms with Crippen LogP contribution in [0, 0.1) is 6.92 Å². The molecule has 0 aliphatic carbocycles. The first-order chi connectivity index (χ1) is 7.84. The predicted molar refractivity (Wildman–Crippen MR) is 65.0 cm³/mol. The average Bonchev–Trinajstić information content (AvgIpc) is 2.92. The predicted octanol–water partition coefficient (Wildman–Crippen LogP) is 2.17.